The van der Waals surface area contributed by atoms with Crippen molar-refractivity contribution >= 4 is 17.7 Å². The SMILES string of the molecule is CCc1ccc(C(=O)CCC(=O)N(C2CC2)C(C)C(=O)O)cc1. The van der Waals surface area contributed by atoms with Crippen LogP contribution in [0.15, 0.2) is 24.3 Å². The highest BCUT2D eigenvalue weighted by molar-refractivity contribution is 5.98. The summed E-state index contributed by atoms with van der Waals surface area (Å²) < 4.78 is 0. The van der Waals surface area contributed by atoms with E-state index in [1.807, 2.05) is 19.1 Å². The second-order valence-corrected chi connectivity index (χ2v) is 6.02. The summed E-state index contributed by atoms with van der Waals surface area (Å²) in [5.41, 5.74) is 1.76. The fraction of sp³-hybridized carbons (Fsp3) is 0.500. The number of ketones is 1. The van der Waals surface area contributed by atoms with Gasteiger partial charge >= 0.3 is 5.97 Å². The van der Waals surface area contributed by atoms with Gasteiger partial charge in [0, 0.05) is 24.4 Å². The van der Waals surface area contributed by atoms with Gasteiger partial charge in [0.15, 0.2) is 5.78 Å². The molecule has 5 nitrogen and oxygen atoms in total. The van der Waals surface area contributed by atoms with Gasteiger partial charge in [-0.1, -0.05) is 31.2 Å². The van der Waals surface area contributed by atoms with Crippen LogP contribution in [0.1, 0.15) is 55.5 Å². The number of aryl methyl sites for hydroxylation is 1. The van der Waals surface area contributed by atoms with Crippen LogP contribution in [0, 0.1) is 0 Å². The number of aliphatic carboxylic acids is 1. The predicted molar refractivity (Wildman–Crippen MR) is 86.4 cm³/mol. The van der Waals surface area contributed by atoms with Crippen molar-refractivity contribution in [3.8, 4) is 0 Å². The lowest BCUT2D eigenvalue weighted by molar-refractivity contribution is -0.150. The molecule has 0 bridgehead atoms. The highest BCUT2D eigenvalue weighted by Gasteiger charge is 2.38. The average Bonchev–Trinajstić information content (AvgIpc) is 3.37. The van der Waals surface area contributed by atoms with Gasteiger partial charge in [-0.2, -0.15) is 0 Å². The first-order valence-electron chi connectivity index (χ1n) is 8.10. The second kappa shape index (κ2) is 7.40. The molecule has 0 aromatic heterocycles. The number of nitrogens with zero attached hydrogens (tertiary/aromatic N) is 1. The maximum atomic E-state index is 12.3. The topological polar surface area (TPSA) is 74.7 Å². The van der Waals surface area contributed by atoms with E-state index < -0.39 is 12.0 Å². The Hall–Kier alpha value is -2.17. The van der Waals surface area contributed by atoms with E-state index in [0.717, 1.165) is 24.8 Å². The van der Waals surface area contributed by atoms with Crippen molar-refractivity contribution in [1.82, 2.24) is 4.90 Å². The van der Waals surface area contributed by atoms with E-state index in [4.69, 9.17) is 5.11 Å². The standard InChI is InChI=1S/C18H23NO4/c1-3-13-4-6-14(7-5-13)16(20)10-11-17(21)19(15-8-9-15)12(2)18(22)23/h4-7,12,15H,3,8-11H2,1-2H3,(H,22,23). The zero-order chi connectivity index (χ0) is 17.0. The van der Waals surface area contributed by atoms with Gasteiger partial charge in [-0.3, -0.25) is 9.59 Å². The Kier molecular flexibility index (Phi) is 5.53. The molecule has 0 radical (unpaired) electrons. The van der Waals surface area contributed by atoms with Crippen LogP contribution in [0.4, 0.5) is 0 Å². The Bertz CT molecular complexity index is 590. The van der Waals surface area contributed by atoms with Crippen molar-refractivity contribution in [2.45, 2.75) is 58.0 Å². The van der Waals surface area contributed by atoms with Crippen LogP contribution >= 0.6 is 0 Å². The average molecular weight is 317 g/mol. The van der Waals surface area contributed by atoms with E-state index in [-0.39, 0.29) is 30.6 Å². The van der Waals surface area contributed by atoms with Crippen molar-refractivity contribution in [3.63, 3.8) is 0 Å². The zero-order valence-corrected chi connectivity index (χ0v) is 13.6. The first-order chi connectivity index (χ1) is 10.9. The number of carbonyl (C=O) groups is 3. The van der Waals surface area contributed by atoms with E-state index in [2.05, 4.69) is 0 Å². The number of benzene rings is 1. The normalized spacial score (nSPS) is 15.0. The molecular weight excluding hydrogens is 294 g/mol. The number of carbonyl (C=O) groups excluding carboxylic acids is 2. The first-order valence-corrected chi connectivity index (χ1v) is 8.10. The molecule has 1 atom stereocenters. The highest BCUT2D eigenvalue weighted by atomic mass is 16.4. The summed E-state index contributed by atoms with van der Waals surface area (Å²) in [5, 5.41) is 9.12. The van der Waals surface area contributed by atoms with E-state index >= 15 is 0 Å². The summed E-state index contributed by atoms with van der Waals surface area (Å²) in [6.45, 7) is 3.56. The molecule has 2 rings (SSSR count). The largest absolute Gasteiger partial charge is 0.480 e. The molecule has 0 saturated heterocycles. The Balaban J connectivity index is 1.93. The molecule has 1 aromatic carbocycles. The van der Waals surface area contributed by atoms with Gasteiger partial charge in [0.2, 0.25) is 5.91 Å². The van der Waals surface area contributed by atoms with Crippen molar-refractivity contribution < 1.29 is 19.5 Å². The maximum Gasteiger partial charge on any atom is 0.326 e. The van der Waals surface area contributed by atoms with Crippen LogP contribution in [0.2, 0.25) is 0 Å². The van der Waals surface area contributed by atoms with Crippen LogP contribution < -0.4 is 0 Å². The van der Waals surface area contributed by atoms with E-state index in [1.165, 1.54) is 11.8 Å². The zero-order valence-electron chi connectivity index (χ0n) is 13.6. The van der Waals surface area contributed by atoms with Gasteiger partial charge in [0.05, 0.1) is 0 Å². The van der Waals surface area contributed by atoms with Crippen molar-refractivity contribution in [2.75, 3.05) is 0 Å². The van der Waals surface area contributed by atoms with Crippen LogP contribution in [0.5, 0.6) is 0 Å². The highest BCUT2D eigenvalue weighted by Crippen LogP contribution is 2.29. The van der Waals surface area contributed by atoms with Gasteiger partial charge in [-0.15, -0.1) is 0 Å². The third-order valence-corrected chi connectivity index (χ3v) is 4.25. The number of hydrogen-bond donors (Lipinski definition) is 1. The molecule has 1 aromatic rings. The Morgan fingerprint density at radius 1 is 1.17 bits per heavy atom. The van der Waals surface area contributed by atoms with Gasteiger partial charge < -0.3 is 10.0 Å². The third kappa shape index (κ3) is 4.41. The first kappa shape index (κ1) is 17.2. The number of Topliss-reactive ketones (excluding diaryl/α,β-unsaturated/α-hetero) is 1. The molecule has 23 heavy (non-hydrogen) atoms. The van der Waals surface area contributed by atoms with E-state index in [0.29, 0.717) is 5.56 Å². The number of amides is 1. The minimum Gasteiger partial charge on any atom is -0.480 e. The van der Waals surface area contributed by atoms with Crippen LogP contribution in [0.25, 0.3) is 0 Å². The molecule has 1 amide bonds. The molecule has 0 spiro atoms. The molecule has 1 fully saturated rings. The Morgan fingerprint density at radius 3 is 2.26 bits per heavy atom. The monoisotopic (exact) mass is 317 g/mol. The second-order valence-electron chi connectivity index (χ2n) is 6.02. The molecule has 1 saturated carbocycles. The fourth-order valence-electron chi connectivity index (χ4n) is 2.63. The summed E-state index contributed by atoms with van der Waals surface area (Å²) >= 11 is 0. The number of carboxylic acids is 1. The van der Waals surface area contributed by atoms with Gasteiger partial charge in [-0.05, 0) is 31.7 Å². The smallest absolute Gasteiger partial charge is 0.326 e. The van der Waals surface area contributed by atoms with E-state index in [9.17, 15) is 14.4 Å². The lowest BCUT2D eigenvalue weighted by Gasteiger charge is -2.26. The molecule has 5 heteroatoms. The molecule has 1 unspecified atom stereocenters. The summed E-state index contributed by atoms with van der Waals surface area (Å²) in [6.07, 6.45) is 2.77. The lowest BCUT2D eigenvalue weighted by Crippen LogP contribution is -2.44. The summed E-state index contributed by atoms with van der Waals surface area (Å²) in [5.74, 6) is -1.34. The number of hydrogen-bond acceptors (Lipinski definition) is 3. The van der Waals surface area contributed by atoms with Gasteiger partial charge in [0.25, 0.3) is 0 Å². The van der Waals surface area contributed by atoms with Crippen molar-refractivity contribution in [3.05, 3.63) is 35.4 Å². The van der Waals surface area contributed by atoms with Crippen LogP contribution in [-0.2, 0) is 16.0 Å². The molecule has 1 N–H and O–H groups in total. The molecule has 0 heterocycles. The molecule has 1 aliphatic rings. The fourth-order valence-corrected chi connectivity index (χ4v) is 2.63. The number of rotatable bonds is 8. The van der Waals surface area contributed by atoms with Crippen LogP contribution in [-0.4, -0.2) is 39.7 Å². The van der Waals surface area contributed by atoms with Crippen molar-refractivity contribution in [2.24, 2.45) is 0 Å². The Labute approximate surface area is 136 Å². The van der Waals surface area contributed by atoms with Gasteiger partial charge in [0.1, 0.15) is 6.04 Å². The minimum atomic E-state index is -1.01. The lowest BCUT2D eigenvalue weighted by atomic mass is 10.0. The maximum absolute atomic E-state index is 12.3. The molecule has 1 aliphatic carbocycles. The summed E-state index contributed by atoms with van der Waals surface area (Å²) in [4.78, 5) is 37.1. The minimum absolute atomic E-state index is 0.0209. The Morgan fingerprint density at radius 2 is 1.78 bits per heavy atom. The summed E-state index contributed by atoms with van der Waals surface area (Å²) in [7, 11) is 0. The molecule has 0 aliphatic heterocycles. The predicted octanol–water partition coefficient (Wildman–Crippen LogP) is 2.68. The summed E-state index contributed by atoms with van der Waals surface area (Å²) in [6, 6.07) is 6.58. The molecule has 124 valence electrons. The van der Waals surface area contributed by atoms with E-state index in [1.54, 1.807) is 12.1 Å². The molecular formula is C18H23NO4. The van der Waals surface area contributed by atoms with Gasteiger partial charge in [-0.25, -0.2) is 4.79 Å². The number of carboxylic acid groups (broad SMARTS) is 1. The van der Waals surface area contributed by atoms with Crippen molar-refractivity contribution in [1.29, 1.82) is 0 Å². The van der Waals surface area contributed by atoms with Crippen LogP contribution in [0.3, 0.4) is 0 Å². The quantitative estimate of drug-likeness (QED) is 0.748. The third-order valence-electron chi connectivity index (χ3n) is 4.25.